The highest BCUT2D eigenvalue weighted by atomic mass is 16.5. The van der Waals surface area contributed by atoms with E-state index in [-0.39, 0.29) is 0 Å². The summed E-state index contributed by atoms with van der Waals surface area (Å²) < 4.78 is 5.48. The van der Waals surface area contributed by atoms with Crippen molar-refractivity contribution in [1.82, 2.24) is 4.90 Å². The third-order valence-corrected chi connectivity index (χ3v) is 3.79. The number of hydrogen-bond donors (Lipinski definition) is 1. The van der Waals surface area contributed by atoms with Gasteiger partial charge in [0.2, 0.25) is 0 Å². The standard InChI is InChI=1S/C15H23NO2/c1-11-8-12(2)14(13(9-11)18-4)15(17)6-5-7-16(3)10-15/h8-9,17H,5-7,10H2,1-4H3. The molecule has 3 heteroatoms. The second-order valence-corrected chi connectivity index (χ2v) is 5.53. The topological polar surface area (TPSA) is 32.7 Å². The van der Waals surface area contributed by atoms with Crippen LogP contribution in [0.4, 0.5) is 0 Å². The van der Waals surface area contributed by atoms with Crippen molar-refractivity contribution in [3.63, 3.8) is 0 Å². The molecular formula is C15H23NO2. The number of β-amino-alcohol motifs (C(OH)–C–C–N with tert-alkyl or cyclic N) is 1. The number of nitrogens with zero attached hydrogens (tertiary/aromatic N) is 1. The number of aryl methyl sites for hydroxylation is 2. The fourth-order valence-electron chi connectivity index (χ4n) is 3.14. The molecule has 1 N–H and O–H groups in total. The molecule has 0 aromatic heterocycles. The van der Waals surface area contributed by atoms with Crippen LogP contribution in [0.1, 0.15) is 29.5 Å². The Morgan fingerprint density at radius 3 is 2.67 bits per heavy atom. The first kappa shape index (κ1) is 13.4. The molecule has 100 valence electrons. The fourth-order valence-corrected chi connectivity index (χ4v) is 3.14. The number of methoxy groups -OCH3 is 1. The van der Waals surface area contributed by atoms with Gasteiger partial charge in [0.1, 0.15) is 11.4 Å². The highest BCUT2D eigenvalue weighted by Gasteiger charge is 2.37. The lowest BCUT2D eigenvalue weighted by Crippen LogP contribution is -2.44. The number of piperidine rings is 1. The quantitative estimate of drug-likeness (QED) is 0.872. The molecule has 0 saturated carbocycles. The van der Waals surface area contributed by atoms with Crippen molar-refractivity contribution >= 4 is 0 Å². The molecule has 3 nitrogen and oxygen atoms in total. The van der Waals surface area contributed by atoms with Crippen LogP contribution in [0, 0.1) is 13.8 Å². The van der Waals surface area contributed by atoms with Gasteiger partial charge in [-0.05, 0) is 57.5 Å². The molecule has 0 spiro atoms. The number of ether oxygens (including phenoxy) is 1. The number of aliphatic hydroxyl groups is 1. The van der Waals surface area contributed by atoms with Gasteiger partial charge in [-0.25, -0.2) is 0 Å². The van der Waals surface area contributed by atoms with Crippen molar-refractivity contribution < 1.29 is 9.84 Å². The second-order valence-electron chi connectivity index (χ2n) is 5.53. The van der Waals surface area contributed by atoms with E-state index in [4.69, 9.17) is 4.74 Å². The summed E-state index contributed by atoms with van der Waals surface area (Å²) in [6, 6.07) is 4.12. The first-order chi connectivity index (χ1) is 8.46. The van der Waals surface area contributed by atoms with Crippen molar-refractivity contribution in [2.75, 3.05) is 27.2 Å². The van der Waals surface area contributed by atoms with Gasteiger partial charge in [-0.3, -0.25) is 0 Å². The van der Waals surface area contributed by atoms with Gasteiger partial charge in [-0.15, -0.1) is 0 Å². The molecule has 0 aliphatic carbocycles. The third-order valence-electron chi connectivity index (χ3n) is 3.79. The van der Waals surface area contributed by atoms with Crippen molar-refractivity contribution in [1.29, 1.82) is 0 Å². The lowest BCUT2D eigenvalue weighted by Gasteiger charge is -2.39. The first-order valence-corrected chi connectivity index (χ1v) is 6.53. The first-order valence-electron chi connectivity index (χ1n) is 6.53. The Balaban J connectivity index is 2.49. The molecular weight excluding hydrogens is 226 g/mol. The summed E-state index contributed by atoms with van der Waals surface area (Å²) in [6.07, 6.45) is 1.82. The van der Waals surface area contributed by atoms with Gasteiger partial charge < -0.3 is 14.7 Å². The van der Waals surface area contributed by atoms with Crippen LogP contribution in [0.15, 0.2) is 12.1 Å². The van der Waals surface area contributed by atoms with Crippen LogP contribution in [-0.2, 0) is 5.60 Å². The summed E-state index contributed by atoms with van der Waals surface area (Å²) >= 11 is 0. The molecule has 1 heterocycles. The van der Waals surface area contributed by atoms with Crippen LogP contribution >= 0.6 is 0 Å². The molecule has 1 saturated heterocycles. The molecule has 2 rings (SSSR count). The number of likely N-dealkylation sites (N-methyl/N-ethyl adjacent to an activating group) is 1. The van der Waals surface area contributed by atoms with E-state index in [2.05, 4.69) is 31.9 Å². The van der Waals surface area contributed by atoms with E-state index < -0.39 is 5.60 Å². The van der Waals surface area contributed by atoms with Gasteiger partial charge in [-0.2, -0.15) is 0 Å². The van der Waals surface area contributed by atoms with Crippen molar-refractivity contribution in [3.05, 3.63) is 28.8 Å². The van der Waals surface area contributed by atoms with E-state index in [1.165, 1.54) is 5.56 Å². The van der Waals surface area contributed by atoms with E-state index in [0.29, 0.717) is 6.54 Å². The highest BCUT2D eigenvalue weighted by Crippen LogP contribution is 2.39. The zero-order chi connectivity index (χ0) is 13.3. The predicted octanol–water partition coefficient (Wildman–Crippen LogP) is 2.23. The van der Waals surface area contributed by atoms with Crippen LogP contribution in [0.25, 0.3) is 0 Å². The van der Waals surface area contributed by atoms with Crippen LogP contribution in [0.3, 0.4) is 0 Å². The molecule has 1 aromatic rings. The summed E-state index contributed by atoms with van der Waals surface area (Å²) in [5.41, 5.74) is 2.46. The summed E-state index contributed by atoms with van der Waals surface area (Å²) in [4.78, 5) is 2.18. The van der Waals surface area contributed by atoms with Crippen molar-refractivity contribution in [2.24, 2.45) is 0 Å². The minimum Gasteiger partial charge on any atom is -0.496 e. The molecule has 1 aliphatic heterocycles. The zero-order valence-corrected chi connectivity index (χ0v) is 11.8. The summed E-state index contributed by atoms with van der Waals surface area (Å²) in [5, 5.41) is 11.0. The van der Waals surface area contributed by atoms with Crippen LogP contribution in [0.5, 0.6) is 5.75 Å². The van der Waals surface area contributed by atoms with E-state index in [0.717, 1.165) is 36.3 Å². The monoisotopic (exact) mass is 249 g/mol. The molecule has 1 atom stereocenters. The van der Waals surface area contributed by atoms with Gasteiger partial charge >= 0.3 is 0 Å². The van der Waals surface area contributed by atoms with Gasteiger partial charge in [-0.1, -0.05) is 6.07 Å². The number of likely N-dealkylation sites (tertiary alicyclic amines) is 1. The van der Waals surface area contributed by atoms with E-state index in [1.807, 2.05) is 6.07 Å². The highest BCUT2D eigenvalue weighted by molar-refractivity contribution is 5.47. The van der Waals surface area contributed by atoms with E-state index >= 15 is 0 Å². The average molecular weight is 249 g/mol. The number of rotatable bonds is 2. The summed E-state index contributed by atoms with van der Waals surface area (Å²) in [6.45, 7) is 5.83. The average Bonchev–Trinajstić information content (AvgIpc) is 2.26. The largest absolute Gasteiger partial charge is 0.496 e. The Labute approximate surface area is 109 Å². The molecule has 0 amide bonds. The van der Waals surface area contributed by atoms with Crippen molar-refractivity contribution in [3.8, 4) is 5.75 Å². The molecule has 18 heavy (non-hydrogen) atoms. The Morgan fingerprint density at radius 2 is 2.06 bits per heavy atom. The van der Waals surface area contributed by atoms with Crippen LogP contribution < -0.4 is 4.74 Å². The van der Waals surface area contributed by atoms with Crippen LogP contribution in [0.2, 0.25) is 0 Å². The maximum Gasteiger partial charge on any atom is 0.125 e. The second kappa shape index (κ2) is 4.90. The summed E-state index contributed by atoms with van der Waals surface area (Å²) in [5.74, 6) is 0.810. The molecule has 1 aliphatic rings. The predicted molar refractivity (Wildman–Crippen MR) is 73.1 cm³/mol. The zero-order valence-electron chi connectivity index (χ0n) is 11.8. The summed E-state index contributed by atoms with van der Waals surface area (Å²) in [7, 11) is 3.73. The SMILES string of the molecule is COc1cc(C)cc(C)c1C1(O)CCCN(C)C1. The Bertz CT molecular complexity index is 444. The van der Waals surface area contributed by atoms with Crippen LogP contribution in [-0.4, -0.2) is 37.3 Å². The Kier molecular flexibility index (Phi) is 3.64. The van der Waals surface area contributed by atoms with Gasteiger partial charge in [0, 0.05) is 12.1 Å². The molecule has 1 unspecified atom stereocenters. The Hall–Kier alpha value is -1.06. The van der Waals surface area contributed by atoms with Gasteiger partial charge in [0.05, 0.1) is 7.11 Å². The minimum absolute atomic E-state index is 0.674. The molecule has 1 aromatic carbocycles. The molecule has 1 fully saturated rings. The smallest absolute Gasteiger partial charge is 0.125 e. The number of hydrogen-bond acceptors (Lipinski definition) is 3. The van der Waals surface area contributed by atoms with E-state index in [1.54, 1.807) is 7.11 Å². The number of benzene rings is 1. The van der Waals surface area contributed by atoms with Gasteiger partial charge in [0.25, 0.3) is 0 Å². The van der Waals surface area contributed by atoms with Gasteiger partial charge in [0.15, 0.2) is 0 Å². The normalized spacial score (nSPS) is 25.2. The van der Waals surface area contributed by atoms with E-state index in [9.17, 15) is 5.11 Å². The lowest BCUT2D eigenvalue weighted by atomic mass is 9.82. The lowest BCUT2D eigenvalue weighted by molar-refractivity contribution is -0.0297. The molecule has 0 bridgehead atoms. The third kappa shape index (κ3) is 2.38. The van der Waals surface area contributed by atoms with Crippen molar-refractivity contribution in [2.45, 2.75) is 32.3 Å². The molecule has 0 radical (unpaired) electrons. The maximum absolute atomic E-state index is 11.0. The fraction of sp³-hybridized carbons (Fsp3) is 0.600. The minimum atomic E-state index is -0.782. The maximum atomic E-state index is 11.0. The Morgan fingerprint density at radius 1 is 1.33 bits per heavy atom.